The van der Waals surface area contributed by atoms with Crippen LogP contribution in [0.1, 0.15) is 24.5 Å². The summed E-state index contributed by atoms with van der Waals surface area (Å²) in [6.07, 6.45) is 0.203. The van der Waals surface area contributed by atoms with Crippen LogP contribution in [0.2, 0.25) is 10.0 Å². The number of carboxylic acid groups (broad SMARTS) is 1. The summed E-state index contributed by atoms with van der Waals surface area (Å²) in [5, 5.41) is 13.0. The van der Waals surface area contributed by atoms with E-state index in [9.17, 15) is 14.7 Å². The molecule has 0 spiro atoms. The van der Waals surface area contributed by atoms with Crippen molar-refractivity contribution >= 4 is 52.7 Å². The number of benzene rings is 3. The number of anilines is 1. The van der Waals surface area contributed by atoms with Gasteiger partial charge < -0.3 is 24.8 Å². The van der Waals surface area contributed by atoms with Gasteiger partial charge in [-0.15, -0.1) is 0 Å². The Morgan fingerprint density at radius 3 is 2.42 bits per heavy atom. The number of nitrogens with zero attached hydrogens (tertiary/aromatic N) is 1. The van der Waals surface area contributed by atoms with Crippen molar-refractivity contribution in [2.45, 2.75) is 31.6 Å². The zero-order valence-corrected chi connectivity index (χ0v) is 24.7. The van der Waals surface area contributed by atoms with Crippen molar-refractivity contribution in [1.82, 2.24) is 4.90 Å². The lowest BCUT2D eigenvalue weighted by Gasteiger charge is -2.23. The van der Waals surface area contributed by atoms with Gasteiger partial charge in [0.05, 0.1) is 17.3 Å². The summed E-state index contributed by atoms with van der Waals surface area (Å²) >= 11 is 14.1. The third kappa shape index (κ3) is 10.9. The van der Waals surface area contributed by atoms with Crippen LogP contribution in [0.3, 0.4) is 0 Å². The third-order valence-electron chi connectivity index (χ3n) is 5.91. The molecule has 2 N–H and O–H groups in total. The summed E-state index contributed by atoms with van der Waals surface area (Å²) in [4.78, 5) is 26.2. The lowest BCUT2D eigenvalue weighted by atomic mass is 10.1. The molecule has 0 saturated carbocycles. The van der Waals surface area contributed by atoms with Crippen molar-refractivity contribution in [2.75, 3.05) is 37.4 Å². The van der Waals surface area contributed by atoms with Gasteiger partial charge in [0, 0.05) is 30.3 Å². The minimum atomic E-state index is -0.987. The van der Waals surface area contributed by atoms with Crippen molar-refractivity contribution in [3.8, 4) is 5.75 Å². The highest BCUT2D eigenvalue weighted by molar-refractivity contribution is 7.98. The van der Waals surface area contributed by atoms with E-state index in [1.54, 1.807) is 42.2 Å². The molecule has 3 rings (SSSR count). The quantitative estimate of drug-likeness (QED) is 0.167. The highest BCUT2D eigenvalue weighted by atomic mass is 35.5. The van der Waals surface area contributed by atoms with E-state index < -0.39 is 12.1 Å². The second-order valence-electron chi connectivity index (χ2n) is 8.91. The highest BCUT2D eigenvalue weighted by Crippen LogP contribution is 2.26. The number of aliphatic carboxylic acids is 1. The largest absolute Gasteiger partial charge is 0.492 e. The molecule has 214 valence electrons. The molecule has 10 heteroatoms. The van der Waals surface area contributed by atoms with Crippen molar-refractivity contribution in [2.24, 2.45) is 0 Å². The summed E-state index contributed by atoms with van der Waals surface area (Å²) < 4.78 is 11.2. The molecule has 0 saturated heterocycles. The predicted molar refractivity (Wildman–Crippen MR) is 163 cm³/mol. The molecule has 1 unspecified atom stereocenters. The molecule has 7 nitrogen and oxygen atoms in total. The minimum absolute atomic E-state index is 0.271. The number of thioether (sulfide) groups is 1. The third-order valence-corrected chi connectivity index (χ3v) is 7.57. The van der Waals surface area contributed by atoms with Crippen molar-refractivity contribution in [3.05, 3.63) is 94.0 Å². The maximum Gasteiger partial charge on any atom is 0.333 e. The zero-order valence-electron chi connectivity index (χ0n) is 22.4. The number of carbonyl (C=O) groups excluding carboxylic acids is 1. The molecule has 0 fully saturated rings. The van der Waals surface area contributed by atoms with Crippen molar-refractivity contribution < 1.29 is 24.2 Å². The number of carboxylic acids is 1. The smallest absolute Gasteiger partial charge is 0.333 e. The topological polar surface area (TPSA) is 88.1 Å². The van der Waals surface area contributed by atoms with Crippen LogP contribution in [-0.2, 0) is 21.7 Å². The fourth-order valence-corrected chi connectivity index (χ4v) is 5.21. The molecule has 0 aliphatic heterocycles. The van der Waals surface area contributed by atoms with Crippen molar-refractivity contribution in [1.29, 1.82) is 0 Å². The number of urea groups is 1. The zero-order chi connectivity index (χ0) is 28.7. The standard InChI is InChI=1S/C30H34Cl2N2O5S/c1-2-38-28(29(35)36)19-22-9-12-25(13-10-22)39-17-16-34(15-6-18-40-21-23-7-4-3-5-8-23)30(37)33-27-14-11-24(31)20-26(27)32/h3-5,7-14,20,28H,2,6,15-19,21H2,1H3,(H,33,37)(H,35,36). The number of rotatable bonds is 16. The first-order valence-corrected chi connectivity index (χ1v) is 15.0. The van der Waals surface area contributed by atoms with Gasteiger partial charge in [0.15, 0.2) is 6.10 Å². The first-order valence-electron chi connectivity index (χ1n) is 13.0. The van der Waals surface area contributed by atoms with E-state index in [2.05, 4.69) is 17.4 Å². The molecule has 3 aromatic rings. The second kappa shape index (κ2) is 17.0. The molecule has 0 heterocycles. The number of nitrogens with one attached hydrogen (secondary N) is 1. The van der Waals surface area contributed by atoms with Crippen LogP contribution in [0.15, 0.2) is 72.8 Å². The molecule has 0 radical (unpaired) electrons. The second-order valence-corrected chi connectivity index (χ2v) is 10.9. The van der Waals surface area contributed by atoms with Gasteiger partial charge in [-0.3, -0.25) is 0 Å². The van der Waals surface area contributed by atoms with E-state index >= 15 is 0 Å². The van der Waals surface area contributed by atoms with Crippen LogP contribution < -0.4 is 10.1 Å². The van der Waals surface area contributed by atoms with E-state index in [0.29, 0.717) is 41.2 Å². The lowest BCUT2D eigenvalue weighted by molar-refractivity contribution is -0.149. The SMILES string of the molecule is CCOC(Cc1ccc(OCCN(CCCSCc2ccccc2)C(=O)Nc2ccc(Cl)cc2Cl)cc1)C(=O)O. The highest BCUT2D eigenvalue weighted by Gasteiger charge is 2.18. The molecule has 0 bridgehead atoms. The van der Waals surface area contributed by atoms with Gasteiger partial charge in [-0.2, -0.15) is 11.8 Å². The number of amides is 2. The predicted octanol–water partition coefficient (Wildman–Crippen LogP) is 7.26. The average Bonchev–Trinajstić information content (AvgIpc) is 2.94. The number of hydrogen-bond acceptors (Lipinski definition) is 5. The monoisotopic (exact) mass is 604 g/mol. The number of halogens is 2. The fourth-order valence-electron chi connectivity index (χ4n) is 3.85. The van der Waals surface area contributed by atoms with E-state index in [4.69, 9.17) is 32.7 Å². The van der Waals surface area contributed by atoms with Crippen LogP contribution in [-0.4, -0.2) is 60.2 Å². The fraction of sp³-hybridized carbons (Fsp3) is 0.333. The van der Waals surface area contributed by atoms with E-state index in [0.717, 1.165) is 23.5 Å². The molecular weight excluding hydrogens is 571 g/mol. The summed E-state index contributed by atoms with van der Waals surface area (Å²) in [6, 6.07) is 22.2. The van der Waals surface area contributed by atoms with Gasteiger partial charge in [-0.25, -0.2) is 9.59 Å². The van der Waals surface area contributed by atoms with E-state index in [-0.39, 0.29) is 19.1 Å². The molecule has 2 amide bonds. The number of carbonyl (C=O) groups is 2. The lowest BCUT2D eigenvalue weighted by Crippen LogP contribution is -2.38. The van der Waals surface area contributed by atoms with Gasteiger partial charge in [0.1, 0.15) is 12.4 Å². The van der Waals surface area contributed by atoms with Gasteiger partial charge in [0.25, 0.3) is 0 Å². The Bertz CT molecular complexity index is 1210. The normalized spacial score (nSPS) is 11.6. The van der Waals surface area contributed by atoms with Crippen molar-refractivity contribution in [3.63, 3.8) is 0 Å². The average molecular weight is 606 g/mol. The van der Waals surface area contributed by atoms with Crippen LogP contribution >= 0.6 is 35.0 Å². The maximum absolute atomic E-state index is 13.1. The first-order chi connectivity index (χ1) is 19.4. The van der Waals surface area contributed by atoms with Gasteiger partial charge in [-0.05, 0) is 60.6 Å². The molecule has 0 aliphatic rings. The maximum atomic E-state index is 13.1. The summed E-state index contributed by atoms with van der Waals surface area (Å²) in [7, 11) is 0. The summed E-state index contributed by atoms with van der Waals surface area (Å²) in [6.45, 7) is 3.31. The Hall–Kier alpha value is -2.91. The molecule has 0 aromatic heterocycles. The van der Waals surface area contributed by atoms with Crippen LogP contribution in [0.5, 0.6) is 5.75 Å². The molecule has 40 heavy (non-hydrogen) atoms. The Balaban J connectivity index is 1.53. The Labute approximate surface area is 249 Å². The number of hydrogen-bond donors (Lipinski definition) is 2. The Kier molecular flexibility index (Phi) is 13.5. The molecule has 3 aromatic carbocycles. The molecule has 0 aliphatic carbocycles. The van der Waals surface area contributed by atoms with Crippen LogP contribution in [0.4, 0.5) is 10.5 Å². The van der Waals surface area contributed by atoms with Gasteiger partial charge >= 0.3 is 12.0 Å². The summed E-state index contributed by atoms with van der Waals surface area (Å²) in [5.41, 5.74) is 2.60. The van der Waals surface area contributed by atoms with Crippen LogP contribution in [0.25, 0.3) is 0 Å². The van der Waals surface area contributed by atoms with Gasteiger partial charge in [0.2, 0.25) is 0 Å². The minimum Gasteiger partial charge on any atom is -0.492 e. The Morgan fingerprint density at radius 1 is 1.00 bits per heavy atom. The Morgan fingerprint density at radius 2 is 1.75 bits per heavy atom. The number of ether oxygens (including phenoxy) is 2. The van der Waals surface area contributed by atoms with Gasteiger partial charge in [-0.1, -0.05) is 65.7 Å². The van der Waals surface area contributed by atoms with E-state index in [1.807, 2.05) is 42.1 Å². The van der Waals surface area contributed by atoms with E-state index in [1.165, 1.54) is 5.56 Å². The first kappa shape index (κ1) is 31.6. The molecule has 1 atom stereocenters. The summed E-state index contributed by atoms with van der Waals surface area (Å²) in [5.74, 6) is 1.47. The molecular formula is C30H34Cl2N2O5S. The van der Waals surface area contributed by atoms with Crippen LogP contribution in [0, 0.1) is 0 Å².